The molecule has 2 heterocycles. The van der Waals surface area contributed by atoms with Crippen LogP contribution in [0.1, 0.15) is 6.42 Å². The predicted octanol–water partition coefficient (Wildman–Crippen LogP) is 4.33. The first-order valence-corrected chi connectivity index (χ1v) is 9.48. The molecule has 0 radical (unpaired) electrons. The molecule has 0 fully saturated rings. The van der Waals surface area contributed by atoms with Gasteiger partial charge in [-0.05, 0) is 59.3 Å². The number of halogens is 2. The molecule has 0 spiro atoms. The average Bonchev–Trinajstić information content (AvgIpc) is 2.65. The van der Waals surface area contributed by atoms with Crippen molar-refractivity contribution in [2.45, 2.75) is 6.42 Å². The summed E-state index contributed by atoms with van der Waals surface area (Å²) in [4.78, 5) is 13.4. The minimum atomic E-state index is 0.107. The van der Waals surface area contributed by atoms with Gasteiger partial charge < -0.3 is 15.7 Å². The van der Waals surface area contributed by atoms with Crippen LogP contribution < -0.4 is 10.6 Å². The van der Waals surface area contributed by atoms with E-state index >= 15 is 0 Å². The van der Waals surface area contributed by atoms with Gasteiger partial charge in [0.1, 0.15) is 5.82 Å². The Bertz CT molecular complexity index is 879. The van der Waals surface area contributed by atoms with E-state index in [-0.39, 0.29) is 6.61 Å². The van der Waals surface area contributed by atoms with E-state index in [4.69, 9.17) is 16.7 Å². The van der Waals surface area contributed by atoms with Crippen molar-refractivity contribution in [1.29, 1.82) is 0 Å². The van der Waals surface area contributed by atoms with Crippen LogP contribution >= 0.6 is 34.2 Å². The maximum atomic E-state index is 8.96. The monoisotopic (exact) mass is 481 g/mol. The second-order valence-electron chi connectivity index (χ2n) is 5.43. The van der Waals surface area contributed by atoms with Crippen molar-refractivity contribution < 1.29 is 5.11 Å². The van der Waals surface area contributed by atoms with Gasteiger partial charge in [0.2, 0.25) is 5.95 Å². The van der Waals surface area contributed by atoms with Gasteiger partial charge in [-0.3, -0.25) is 4.98 Å². The van der Waals surface area contributed by atoms with E-state index in [1.54, 1.807) is 6.20 Å². The van der Waals surface area contributed by atoms with Crippen molar-refractivity contribution in [2.24, 2.45) is 0 Å². The molecule has 0 unspecified atom stereocenters. The Morgan fingerprint density at radius 3 is 2.69 bits per heavy atom. The first-order chi connectivity index (χ1) is 12.7. The highest BCUT2D eigenvalue weighted by Gasteiger charge is 2.09. The lowest BCUT2D eigenvalue weighted by Crippen LogP contribution is -2.09. The molecule has 2 aromatic heterocycles. The summed E-state index contributed by atoms with van der Waals surface area (Å²) in [7, 11) is 0. The molecule has 0 atom stereocenters. The molecule has 0 aliphatic heterocycles. The number of nitrogens with zero attached hydrogens (tertiary/aromatic N) is 3. The lowest BCUT2D eigenvalue weighted by Gasteiger charge is -2.12. The van der Waals surface area contributed by atoms with Gasteiger partial charge in [0.25, 0.3) is 0 Å². The Morgan fingerprint density at radius 1 is 1.08 bits per heavy atom. The van der Waals surface area contributed by atoms with Crippen LogP contribution in [-0.2, 0) is 0 Å². The van der Waals surface area contributed by atoms with E-state index in [2.05, 4.69) is 48.2 Å². The fraction of sp³-hybridized carbons (Fsp3) is 0.167. The summed E-state index contributed by atoms with van der Waals surface area (Å²) in [6, 6.07) is 13.2. The highest BCUT2D eigenvalue weighted by molar-refractivity contribution is 14.1. The standard InChI is InChI=1S/C18H17ClIN5O/c19-13-10-12(20)5-6-14(13)23-17-11-16(15-4-1-2-7-21-15)24-18(25-17)22-8-3-9-26/h1-2,4-7,10-11,26H,3,8-9H2,(H2,22,23,24,25). The SMILES string of the molecule is OCCCNc1nc(Nc2ccc(I)cc2Cl)cc(-c2ccccn2)n1. The maximum absolute atomic E-state index is 8.96. The van der Waals surface area contributed by atoms with Crippen molar-refractivity contribution in [1.82, 2.24) is 15.0 Å². The molecular formula is C18H17ClIN5O. The first-order valence-electron chi connectivity index (χ1n) is 8.03. The fourth-order valence-electron chi connectivity index (χ4n) is 2.24. The van der Waals surface area contributed by atoms with Gasteiger partial charge in [-0.15, -0.1) is 0 Å². The maximum Gasteiger partial charge on any atom is 0.225 e. The summed E-state index contributed by atoms with van der Waals surface area (Å²) in [6.07, 6.45) is 2.34. The van der Waals surface area contributed by atoms with E-state index in [1.165, 1.54) is 0 Å². The number of aliphatic hydroxyl groups is 1. The zero-order valence-corrected chi connectivity index (χ0v) is 16.7. The summed E-state index contributed by atoms with van der Waals surface area (Å²) in [6.45, 7) is 0.683. The number of anilines is 3. The van der Waals surface area contributed by atoms with Crippen molar-refractivity contribution >= 4 is 51.6 Å². The summed E-state index contributed by atoms with van der Waals surface area (Å²) in [5.74, 6) is 1.07. The Balaban J connectivity index is 1.93. The van der Waals surface area contributed by atoms with Gasteiger partial charge in [-0.2, -0.15) is 4.98 Å². The van der Waals surface area contributed by atoms with Crippen LogP contribution in [0.2, 0.25) is 5.02 Å². The molecule has 0 aliphatic rings. The van der Waals surface area contributed by atoms with Gasteiger partial charge >= 0.3 is 0 Å². The number of benzene rings is 1. The number of hydrogen-bond acceptors (Lipinski definition) is 6. The molecule has 0 saturated carbocycles. The molecule has 0 bridgehead atoms. The van der Waals surface area contributed by atoms with E-state index in [0.717, 1.165) is 15.0 Å². The second-order valence-corrected chi connectivity index (χ2v) is 7.08. The molecular weight excluding hydrogens is 465 g/mol. The summed E-state index contributed by atoms with van der Waals surface area (Å²) >= 11 is 8.53. The Morgan fingerprint density at radius 2 is 1.96 bits per heavy atom. The molecule has 0 saturated heterocycles. The van der Waals surface area contributed by atoms with Crippen molar-refractivity contribution in [3.05, 3.63) is 57.3 Å². The third kappa shape index (κ3) is 5.03. The fourth-order valence-corrected chi connectivity index (χ4v) is 3.15. The molecule has 8 heteroatoms. The zero-order valence-electron chi connectivity index (χ0n) is 13.8. The molecule has 26 heavy (non-hydrogen) atoms. The van der Waals surface area contributed by atoms with Crippen LogP contribution in [0.15, 0.2) is 48.7 Å². The van der Waals surface area contributed by atoms with Crippen LogP contribution in [0.3, 0.4) is 0 Å². The number of aromatic nitrogens is 3. The van der Waals surface area contributed by atoms with Gasteiger partial charge in [0.05, 0.1) is 22.1 Å². The minimum Gasteiger partial charge on any atom is -0.396 e. The minimum absolute atomic E-state index is 0.107. The Hall–Kier alpha value is -1.97. The number of rotatable bonds is 7. The lowest BCUT2D eigenvalue weighted by molar-refractivity contribution is 0.292. The van der Waals surface area contributed by atoms with Crippen LogP contribution in [0.4, 0.5) is 17.5 Å². The normalized spacial score (nSPS) is 10.6. The van der Waals surface area contributed by atoms with Crippen LogP contribution in [0.5, 0.6) is 0 Å². The highest BCUT2D eigenvalue weighted by atomic mass is 127. The topological polar surface area (TPSA) is 83.0 Å². The third-order valence-electron chi connectivity index (χ3n) is 3.47. The zero-order chi connectivity index (χ0) is 18.4. The Kier molecular flexibility index (Phi) is 6.59. The van der Waals surface area contributed by atoms with E-state index in [1.807, 2.05) is 42.5 Å². The quantitative estimate of drug-likeness (QED) is 0.344. The van der Waals surface area contributed by atoms with E-state index in [0.29, 0.717) is 35.4 Å². The van der Waals surface area contributed by atoms with E-state index in [9.17, 15) is 0 Å². The summed E-state index contributed by atoms with van der Waals surface area (Å²) in [5, 5.41) is 15.9. The smallest absolute Gasteiger partial charge is 0.225 e. The highest BCUT2D eigenvalue weighted by Crippen LogP contribution is 2.28. The Labute approximate surface area is 170 Å². The summed E-state index contributed by atoms with van der Waals surface area (Å²) in [5.41, 5.74) is 2.20. The molecule has 134 valence electrons. The molecule has 3 aromatic rings. The van der Waals surface area contributed by atoms with E-state index < -0.39 is 0 Å². The number of aliphatic hydroxyl groups excluding tert-OH is 1. The van der Waals surface area contributed by atoms with Crippen LogP contribution in [0.25, 0.3) is 11.4 Å². The molecule has 0 aliphatic carbocycles. The van der Waals surface area contributed by atoms with Crippen molar-refractivity contribution in [2.75, 3.05) is 23.8 Å². The average molecular weight is 482 g/mol. The first kappa shape index (κ1) is 18.8. The van der Waals surface area contributed by atoms with Crippen LogP contribution in [0, 0.1) is 3.57 Å². The van der Waals surface area contributed by atoms with Crippen molar-refractivity contribution in [3.8, 4) is 11.4 Å². The van der Waals surface area contributed by atoms with Crippen LogP contribution in [-0.4, -0.2) is 33.2 Å². The second kappa shape index (κ2) is 9.11. The molecule has 3 rings (SSSR count). The molecule has 0 amide bonds. The largest absolute Gasteiger partial charge is 0.396 e. The predicted molar refractivity (Wildman–Crippen MR) is 113 cm³/mol. The van der Waals surface area contributed by atoms with Crippen molar-refractivity contribution in [3.63, 3.8) is 0 Å². The van der Waals surface area contributed by atoms with Gasteiger partial charge in [0, 0.05) is 29.0 Å². The van der Waals surface area contributed by atoms with Gasteiger partial charge in [0.15, 0.2) is 0 Å². The molecule has 6 nitrogen and oxygen atoms in total. The molecule has 1 aromatic carbocycles. The third-order valence-corrected chi connectivity index (χ3v) is 4.45. The lowest BCUT2D eigenvalue weighted by atomic mass is 10.2. The molecule has 3 N–H and O–H groups in total. The summed E-state index contributed by atoms with van der Waals surface area (Å²) < 4.78 is 1.06. The number of nitrogens with one attached hydrogen (secondary N) is 2. The number of pyridine rings is 1. The van der Waals surface area contributed by atoms with Gasteiger partial charge in [-0.1, -0.05) is 17.7 Å². The number of hydrogen-bond donors (Lipinski definition) is 3. The van der Waals surface area contributed by atoms with Gasteiger partial charge in [-0.25, -0.2) is 4.98 Å².